The van der Waals surface area contributed by atoms with Crippen molar-refractivity contribution < 1.29 is 4.79 Å². The first-order valence-electron chi connectivity index (χ1n) is 10.3. The summed E-state index contributed by atoms with van der Waals surface area (Å²) in [6.07, 6.45) is 3.40. The molecule has 2 heterocycles. The molecule has 168 valence electrons. The van der Waals surface area contributed by atoms with Gasteiger partial charge in [-0.05, 0) is 30.9 Å². The minimum Gasteiger partial charge on any atom is -0.350 e. The Balaban J connectivity index is 1.59. The third-order valence-electron chi connectivity index (χ3n) is 5.34. The molecule has 0 aliphatic rings. The fourth-order valence-corrected chi connectivity index (χ4v) is 3.82. The highest BCUT2D eigenvalue weighted by Gasteiger charge is 2.16. The van der Waals surface area contributed by atoms with E-state index in [0.717, 1.165) is 26.2 Å². The van der Waals surface area contributed by atoms with E-state index in [9.17, 15) is 14.4 Å². The van der Waals surface area contributed by atoms with Crippen LogP contribution in [0.1, 0.15) is 11.1 Å². The van der Waals surface area contributed by atoms with Gasteiger partial charge in [0.25, 0.3) is 5.56 Å². The van der Waals surface area contributed by atoms with Crippen LogP contribution >= 0.6 is 11.8 Å². The SMILES string of the molecule is CSc1ccc(CNC(=O)Cn2c(=O)c3cnc(-c4ccc(C)cc4)nc3n(C)c2=O)cc1. The third-order valence-corrected chi connectivity index (χ3v) is 6.08. The molecule has 0 saturated carbocycles. The van der Waals surface area contributed by atoms with Crippen LogP contribution in [0.5, 0.6) is 0 Å². The Hall–Kier alpha value is -3.72. The molecule has 0 aliphatic carbocycles. The van der Waals surface area contributed by atoms with E-state index in [1.165, 1.54) is 17.8 Å². The van der Waals surface area contributed by atoms with Crippen molar-refractivity contribution in [3.8, 4) is 11.4 Å². The molecule has 2 aromatic heterocycles. The van der Waals surface area contributed by atoms with Gasteiger partial charge in [0.15, 0.2) is 11.5 Å². The summed E-state index contributed by atoms with van der Waals surface area (Å²) >= 11 is 1.64. The lowest BCUT2D eigenvalue weighted by molar-refractivity contribution is -0.121. The van der Waals surface area contributed by atoms with Crippen LogP contribution in [0.4, 0.5) is 0 Å². The summed E-state index contributed by atoms with van der Waals surface area (Å²) in [6.45, 7) is 1.90. The lowest BCUT2D eigenvalue weighted by atomic mass is 10.1. The number of thioether (sulfide) groups is 1. The van der Waals surface area contributed by atoms with Crippen molar-refractivity contribution in [1.82, 2.24) is 24.4 Å². The molecule has 0 aliphatic heterocycles. The number of carbonyl (C=O) groups excluding carboxylic acids is 1. The van der Waals surface area contributed by atoms with Gasteiger partial charge < -0.3 is 5.32 Å². The molecule has 0 radical (unpaired) electrons. The Kier molecular flexibility index (Phi) is 6.41. The Morgan fingerprint density at radius 1 is 1.06 bits per heavy atom. The molecule has 2 aromatic carbocycles. The first-order valence-corrected chi connectivity index (χ1v) is 11.5. The highest BCUT2D eigenvalue weighted by molar-refractivity contribution is 7.98. The van der Waals surface area contributed by atoms with Crippen molar-refractivity contribution in [2.24, 2.45) is 7.05 Å². The molecule has 0 spiro atoms. The summed E-state index contributed by atoms with van der Waals surface area (Å²) in [6, 6.07) is 15.4. The number of aromatic nitrogens is 4. The number of fused-ring (bicyclic) bond motifs is 1. The molecule has 1 N–H and O–H groups in total. The van der Waals surface area contributed by atoms with Crippen LogP contribution < -0.4 is 16.6 Å². The van der Waals surface area contributed by atoms with E-state index >= 15 is 0 Å². The largest absolute Gasteiger partial charge is 0.350 e. The maximum Gasteiger partial charge on any atom is 0.332 e. The topological polar surface area (TPSA) is 98.9 Å². The molecule has 4 aromatic rings. The monoisotopic (exact) mass is 461 g/mol. The summed E-state index contributed by atoms with van der Waals surface area (Å²) in [5.41, 5.74) is 1.83. The van der Waals surface area contributed by atoms with Crippen molar-refractivity contribution >= 4 is 28.7 Å². The van der Waals surface area contributed by atoms with Crippen molar-refractivity contribution in [2.45, 2.75) is 24.9 Å². The normalized spacial score (nSPS) is 11.0. The predicted octanol–water partition coefficient (Wildman–Crippen LogP) is 2.50. The van der Waals surface area contributed by atoms with Gasteiger partial charge in [-0.25, -0.2) is 14.8 Å². The van der Waals surface area contributed by atoms with Gasteiger partial charge in [0.1, 0.15) is 11.9 Å². The molecule has 0 fully saturated rings. The van der Waals surface area contributed by atoms with E-state index < -0.39 is 17.2 Å². The first-order chi connectivity index (χ1) is 15.9. The van der Waals surface area contributed by atoms with Crippen molar-refractivity contribution in [3.63, 3.8) is 0 Å². The molecular formula is C24H23N5O3S. The molecule has 0 unspecified atom stereocenters. The molecule has 0 saturated heterocycles. The van der Waals surface area contributed by atoms with E-state index in [4.69, 9.17) is 0 Å². The standard InChI is InChI=1S/C24H23N5O3S/c1-15-4-8-17(9-5-15)21-26-13-19-22(27-21)28(2)24(32)29(23(19)31)14-20(30)25-12-16-6-10-18(33-3)11-7-16/h4-11,13H,12,14H2,1-3H3,(H,25,30). The second-order valence-electron chi connectivity index (χ2n) is 7.65. The summed E-state index contributed by atoms with van der Waals surface area (Å²) in [5.74, 6) is -0.0143. The maximum absolute atomic E-state index is 13.0. The van der Waals surface area contributed by atoms with E-state index in [-0.39, 0.29) is 17.6 Å². The molecule has 9 heteroatoms. The summed E-state index contributed by atoms with van der Waals surface area (Å²) in [4.78, 5) is 48.2. The molecule has 0 bridgehead atoms. The van der Waals surface area contributed by atoms with Gasteiger partial charge in [-0.3, -0.25) is 18.7 Å². The lowest BCUT2D eigenvalue weighted by Crippen LogP contribution is -2.43. The number of hydrogen-bond donors (Lipinski definition) is 1. The molecular weight excluding hydrogens is 438 g/mol. The van der Waals surface area contributed by atoms with Gasteiger partial charge in [-0.1, -0.05) is 42.0 Å². The minimum absolute atomic E-state index is 0.174. The van der Waals surface area contributed by atoms with Crippen molar-refractivity contribution in [3.05, 3.63) is 86.7 Å². The van der Waals surface area contributed by atoms with Crippen LogP contribution in [-0.4, -0.2) is 31.3 Å². The van der Waals surface area contributed by atoms with Gasteiger partial charge >= 0.3 is 5.69 Å². The van der Waals surface area contributed by atoms with Crippen LogP contribution in [0, 0.1) is 6.92 Å². The summed E-state index contributed by atoms with van der Waals surface area (Å²) in [5, 5.41) is 2.93. The molecule has 33 heavy (non-hydrogen) atoms. The number of rotatable bonds is 6. The average Bonchev–Trinajstić information content (AvgIpc) is 2.84. The Labute approximate surface area is 194 Å². The number of hydrogen-bond acceptors (Lipinski definition) is 6. The second-order valence-corrected chi connectivity index (χ2v) is 8.53. The average molecular weight is 462 g/mol. The quantitative estimate of drug-likeness (QED) is 0.443. The Bertz CT molecular complexity index is 1440. The molecule has 1 amide bonds. The van der Waals surface area contributed by atoms with E-state index in [1.807, 2.05) is 61.7 Å². The number of nitrogens with one attached hydrogen (secondary N) is 1. The predicted molar refractivity (Wildman–Crippen MR) is 129 cm³/mol. The smallest absolute Gasteiger partial charge is 0.332 e. The van der Waals surface area contributed by atoms with E-state index in [2.05, 4.69) is 15.3 Å². The third kappa shape index (κ3) is 4.73. The minimum atomic E-state index is -0.611. The van der Waals surface area contributed by atoms with E-state index in [1.54, 1.807) is 11.8 Å². The van der Waals surface area contributed by atoms with Crippen LogP contribution in [0.15, 0.2) is 69.2 Å². The zero-order valence-electron chi connectivity index (χ0n) is 18.5. The number of aryl methyl sites for hydroxylation is 2. The van der Waals surface area contributed by atoms with Crippen LogP contribution in [0.25, 0.3) is 22.4 Å². The molecule has 8 nitrogen and oxygen atoms in total. The summed E-state index contributed by atoms with van der Waals surface area (Å²) < 4.78 is 2.17. The highest BCUT2D eigenvalue weighted by Crippen LogP contribution is 2.17. The fraction of sp³-hybridized carbons (Fsp3) is 0.208. The van der Waals surface area contributed by atoms with Crippen molar-refractivity contribution in [1.29, 1.82) is 0 Å². The zero-order valence-corrected chi connectivity index (χ0v) is 19.3. The zero-order chi connectivity index (χ0) is 23.5. The summed E-state index contributed by atoms with van der Waals surface area (Å²) in [7, 11) is 1.53. The number of nitrogens with zero attached hydrogens (tertiary/aromatic N) is 4. The van der Waals surface area contributed by atoms with Gasteiger partial charge in [-0.15, -0.1) is 11.8 Å². The number of benzene rings is 2. The lowest BCUT2D eigenvalue weighted by Gasteiger charge is -2.11. The maximum atomic E-state index is 13.0. The van der Waals surface area contributed by atoms with Gasteiger partial charge in [0, 0.05) is 30.2 Å². The van der Waals surface area contributed by atoms with Crippen LogP contribution in [0.3, 0.4) is 0 Å². The first kappa shape index (κ1) is 22.5. The number of amides is 1. The second kappa shape index (κ2) is 9.41. The highest BCUT2D eigenvalue weighted by atomic mass is 32.2. The van der Waals surface area contributed by atoms with Gasteiger partial charge in [0.05, 0.1) is 0 Å². The van der Waals surface area contributed by atoms with Crippen LogP contribution in [0.2, 0.25) is 0 Å². The Morgan fingerprint density at radius 3 is 2.42 bits per heavy atom. The van der Waals surface area contributed by atoms with Gasteiger partial charge in [0.2, 0.25) is 5.91 Å². The fourth-order valence-electron chi connectivity index (χ4n) is 3.41. The molecule has 4 rings (SSSR count). The number of carbonyl (C=O) groups is 1. The van der Waals surface area contributed by atoms with Crippen LogP contribution in [-0.2, 0) is 24.9 Å². The molecule has 0 atom stereocenters. The Morgan fingerprint density at radius 2 is 1.76 bits per heavy atom. The van der Waals surface area contributed by atoms with E-state index in [0.29, 0.717) is 12.4 Å². The van der Waals surface area contributed by atoms with Crippen molar-refractivity contribution in [2.75, 3.05) is 6.26 Å². The van der Waals surface area contributed by atoms with Gasteiger partial charge in [-0.2, -0.15) is 0 Å².